The van der Waals surface area contributed by atoms with Crippen LogP contribution in [0.4, 0.5) is 5.69 Å². The Morgan fingerprint density at radius 1 is 0.893 bits per heavy atom. The first-order chi connectivity index (χ1) is 13.6. The molecular weight excluding hydrogens is 374 g/mol. The van der Waals surface area contributed by atoms with E-state index >= 15 is 0 Å². The van der Waals surface area contributed by atoms with Crippen LogP contribution in [0.2, 0.25) is 5.02 Å². The molecule has 0 atom stereocenters. The highest BCUT2D eigenvalue weighted by molar-refractivity contribution is 6.30. The van der Waals surface area contributed by atoms with E-state index in [1.54, 1.807) is 19.1 Å². The molecule has 0 saturated heterocycles. The van der Waals surface area contributed by atoms with Crippen LogP contribution >= 0.6 is 11.6 Å². The van der Waals surface area contributed by atoms with E-state index in [-0.39, 0.29) is 5.97 Å². The smallest absolute Gasteiger partial charge is 0.338 e. The number of hydrogen-bond donors (Lipinski definition) is 1. The number of esters is 1. The van der Waals surface area contributed by atoms with Gasteiger partial charge in [-0.3, -0.25) is 0 Å². The predicted molar refractivity (Wildman–Crippen MR) is 112 cm³/mol. The summed E-state index contributed by atoms with van der Waals surface area (Å²) in [7, 11) is 0. The number of halogens is 1. The fraction of sp³-hybridized carbons (Fsp3) is 0.174. The van der Waals surface area contributed by atoms with Gasteiger partial charge in [0.1, 0.15) is 12.4 Å². The molecule has 1 N–H and O–H groups in total. The summed E-state index contributed by atoms with van der Waals surface area (Å²) in [5.41, 5.74) is 3.69. The summed E-state index contributed by atoms with van der Waals surface area (Å²) in [6.45, 7) is 3.35. The Morgan fingerprint density at radius 2 is 1.54 bits per heavy atom. The number of rotatable bonds is 8. The molecule has 3 aromatic carbocycles. The Kier molecular flexibility index (Phi) is 6.93. The van der Waals surface area contributed by atoms with E-state index < -0.39 is 0 Å². The standard InChI is InChI=1S/C23H22ClNO3/c1-2-27-23(26)19-7-11-21(12-8-19)25-15-17-5-13-22(14-6-17)28-16-18-3-9-20(24)10-4-18/h3-14,25H,2,15-16H2,1H3. The molecule has 0 aliphatic heterocycles. The van der Waals surface area contributed by atoms with Crippen LogP contribution < -0.4 is 10.1 Å². The molecule has 3 rings (SSSR count). The Morgan fingerprint density at radius 3 is 2.18 bits per heavy atom. The van der Waals surface area contributed by atoms with E-state index in [2.05, 4.69) is 5.32 Å². The molecule has 28 heavy (non-hydrogen) atoms. The van der Waals surface area contributed by atoms with Crippen molar-refractivity contribution in [2.75, 3.05) is 11.9 Å². The Bertz CT molecular complexity index is 891. The van der Waals surface area contributed by atoms with Crippen molar-refractivity contribution in [2.45, 2.75) is 20.1 Å². The van der Waals surface area contributed by atoms with Gasteiger partial charge in [0.2, 0.25) is 0 Å². The maximum atomic E-state index is 11.7. The van der Waals surface area contributed by atoms with Crippen molar-refractivity contribution < 1.29 is 14.3 Å². The number of carbonyl (C=O) groups is 1. The fourth-order valence-corrected chi connectivity index (χ4v) is 2.72. The van der Waals surface area contributed by atoms with Crippen LogP contribution in [0.1, 0.15) is 28.4 Å². The topological polar surface area (TPSA) is 47.6 Å². The third-order valence-electron chi connectivity index (χ3n) is 4.13. The quantitative estimate of drug-likeness (QED) is 0.496. The lowest BCUT2D eigenvalue weighted by molar-refractivity contribution is 0.0526. The van der Waals surface area contributed by atoms with Crippen LogP contribution in [-0.4, -0.2) is 12.6 Å². The van der Waals surface area contributed by atoms with E-state index in [4.69, 9.17) is 21.1 Å². The molecular formula is C23H22ClNO3. The van der Waals surface area contributed by atoms with Gasteiger partial charge in [-0.2, -0.15) is 0 Å². The fourth-order valence-electron chi connectivity index (χ4n) is 2.59. The summed E-state index contributed by atoms with van der Waals surface area (Å²) in [6, 6.07) is 22.8. The minimum atomic E-state index is -0.303. The van der Waals surface area contributed by atoms with Crippen molar-refractivity contribution >= 4 is 23.3 Å². The molecule has 0 aromatic heterocycles. The maximum absolute atomic E-state index is 11.7. The average Bonchev–Trinajstić information content (AvgIpc) is 2.73. The van der Waals surface area contributed by atoms with Gasteiger partial charge in [0.15, 0.2) is 0 Å². The molecule has 5 heteroatoms. The summed E-state index contributed by atoms with van der Waals surface area (Å²) in [5.74, 6) is 0.515. The molecule has 3 aromatic rings. The number of hydrogen-bond acceptors (Lipinski definition) is 4. The third-order valence-corrected chi connectivity index (χ3v) is 4.39. The van der Waals surface area contributed by atoms with Crippen LogP contribution in [0.15, 0.2) is 72.8 Å². The Hall–Kier alpha value is -2.98. The van der Waals surface area contributed by atoms with Gasteiger partial charge >= 0.3 is 5.97 Å². The van der Waals surface area contributed by atoms with Gasteiger partial charge < -0.3 is 14.8 Å². The molecule has 0 radical (unpaired) electrons. The van der Waals surface area contributed by atoms with E-state index in [1.807, 2.05) is 60.7 Å². The highest BCUT2D eigenvalue weighted by atomic mass is 35.5. The van der Waals surface area contributed by atoms with E-state index in [0.29, 0.717) is 25.3 Å². The zero-order valence-electron chi connectivity index (χ0n) is 15.7. The van der Waals surface area contributed by atoms with Gasteiger partial charge in [0.05, 0.1) is 12.2 Å². The Balaban J connectivity index is 1.48. The average molecular weight is 396 g/mol. The Labute approximate surface area is 170 Å². The molecule has 144 valence electrons. The lowest BCUT2D eigenvalue weighted by Crippen LogP contribution is -2.05. The molecule has 0 bridgehead atoms. The van der Waals surface area contributed by atoms with Crippen LogP contribution in [0.3, 0.4) is 0 Å². The highest BCUT2D eigenvalue weighted by Crippen LogP contribution is 2.17. The van der Waals surface area contributed by atoms with Crippen molar-refractivity contribution in [1.82, 2.24) is 0 Å². The van der Waals surface area contributed by atoms with Gasteiger partial charge in [0, 0.05) is 17.3 Å². The second kappa shape index (κ2) is 9.81. The summed E-state index contributed by atoms with van der Waals surface area (Å²) in [4.78, 5) is 11.7. The van der Waals surface area contributed by atoms with Gasteiger partial charge in [-0.05, 0) is 66.6 Å². The second-order valence-corrected chi connectivity index (χ2v) is 6.65. The van der Waals surface area contributed by atoms with Crippen molar-refractivity contribution in [1.29, 1.82) is 0 Å². The second-order valence-electron chi connectivity index (χ2n) is 6.21. The van der Waals surface area contributed by atoms with E-state index in [1.165, 1.54) is 0 Å². The minimum absolute atomic E-state index is 0.303. The highest BCUT2D eigenvalue weighted by Gasteiger charge is 2.05. The molecule has 0 amide bonds. The lowest BCUT2D eigenvalue weighted by atomic mass is 10.2. The molecule has 0 unspecified atom stereocenters. The number of benzene rings is 3. The summed E-state index contributed by atoms with van der Waals surface area (Å²) < 4.78 is 10.8. The largest absolute Gasteiger partial charge is 0.489 e. The van der Waals surface area contributed by atoms with E-state index in [0.717, 1.165) is 27.6 Å². The van der Waals surface area contributed by atoms with Crippen LogP contribution in [0.25, 0.3) is 0 Å². The molecule has 0 fully saturated rings. The first kappa shape index (κ1) is 19.8. The number of anilines is 1. The van der Waals surface area contributed by atoms with Gasteiger partial charge in [0.25, 0.3) is 0 Å². The van der Waals surface area contributed by atoms with Gasteiger partial charge in [-0.15, -0.1) is 0 Å². The molecule has 0 spiro atoms. The van der Waals surface area contributed by atoms with Gasteiger partial charge in [-0.1, -0.05) is 35.9 Å². The van der Waals surface area contributed by atoms with Crippen LogP contribution in [0.5, 0.6) is 5.75 Å². The zero-order chi connectivity index (χ0) is 19.8. The third kappa shape index (κ3) is 5.76. The van der Waals surface area contributed by atoms with Crippen LogP contribution in [0, 0.1) is 0 Å². The molecule has 0 saturated carbocycles. The number of nitrogens with one attached hydrogen (secondary N) is 1. The normalized spacial score (nSPS) is 10.4. The summed E-state index contributed by atoms with van der Waals surface area (Å²) >= 11 is 5.89. The van der Waals surface area contributed by atoms with Crippen molar-refractivity contribution in [3.8, 4) is 5.75 Å². The maximum Gasteiger partial charge on any atom is 0.338 e. The number of ether oxygens (including phenoxy) is 2. The lowest BCUT2D eigenvalue weighted by Gasteiger charge is -2.10. The van der Waals surface area contributed by atoms with E-state index in [9.17, 15) is 4.79 Å². The first-order valence-electron chi connectivity index (χ1n) is 9.11. The minimum Gasteiger partial charge on any atom is -0.489 e. The van der Waals surface area contributed by atoms with Crippen LogP contribution in [-0.2, 0) is 17.9 Å². The van der Waals surface area contributed by atoms with Gasteiger partial charge in [-0.25, -0.2) is 4.79 Å². The summed E-state index contributed by atoms with van der Waals surface area (Å²) in [6.07, 6.45) is 0. The monoisotopic (exact) mass is 395 g/mol. The zero-order valence-corrected chi connectivity index (χ0v) is 16.4. The summed E-state index contributed by atoms with van der Waals surface area (Å²) in [5, 5.41) is 4.05. The molecule has 0 aliphatic rings. The number of carbonyl (C=O) groups excluding carboxylic acids is 1. The van der Waals surface area contributed by atoms with Crippen molar-refractivity contribution in [2.24, 2.45) is 0 Å². The SMILES string of the molecule is CCOC(=O)c1ccc(NCc2ccc(OCc3ccc(Cl)cc3)cc2)cc1. The molecule has 4 nitrogen and oxygen atoms in total. The molecule has 0 aliphatic carbocycles. The van der Waals surface area contributed by atoms with Crippen molar-refractivity contribution in [3.05, 3.63) is 94.5 Å². The first-order valence-corrected chi connectivity index (χ1v) is 9.49. The molecule has 0 heterocycles. The van der Waals surface area contributed by atoms with Crippen molar-refractivity contribution in [3.63, 3.8) is 0 Å². The predicted octanol–water partition coefficient (Wildman–Crippen LogP) is 5.71.